The number of methoxy groups -OCH3 is 2. The average molecular weight is 458 g/mol. The first-order valence-electron chi connectivity index (χ1n) is 6.69. The van der Waals surface area contributed by atoms with Gasteiger partial charge in [0.15, 0.2) is 11.5 Å². The first kappa shape index (κ1) is 18.3. The Morgan fingerprint density at radius 1 is 1.21 bits per heavy atom. The molecule has 0 unspecified atom stereocenters. The normalized spacial score (nSPS) is 10.7. The highest BCUT2D eigenvalue weighted by Gasteiger charge is 2.11. The highest BCUT2D eigenvalue weighted by Crippen LogP contribution is 2.35. The van der Waals surface area contributed by atoms with Crippen molar-refractivity contribution in [3.8, 4) is 17.2 Å². The van der Waals surface area contributed by atoms with Crippen LogP contribution in [0.1, 0.15) is 15.9 Å². The molecule has 2 aromatic rings. The van der Waals surface area contributed by atoms with E-state index in [0.717, 1.165) is 0 Å². The summed E-state index contributed by atoms with van der Waals surface area (Å²) in [6, 6.07) is 8.06. The summed E-state index contributed by atoms with van der Waals surface area (Å²) in [5.41, 5.74) is 3.18. The van der Waals surface area contributed by atoms with Crippen LogP contribution in [0.4, 0.5) is 0 Å². The Kier molecular flexibility index (Phi) is 6.22. The summed E-state index contributed by atoms with van der Waals surface area (Å²) in [6.07, 6.45) is 1.46. The van der Waals surface area contributed by atoms with Gasteiger partial charge in [-0.15, -0.1) is 0 Å². The predicted molar refractivity (Wildman–Crippen MR) is 98.1 cm³/mol. The van der Waals surface area contributed by atoms with E-state index >= 15 is 0 Å². The van der Waals surface area contributed by atoms with Crippen LogP contribution >= 0.6 is 31.9 Å². The summed E-state index contributed by atoms with van der Waals surface area (Å²) >= 11 is 6.63. The standard InChI is InChI=1S/C16H14Br2N2O4/c1-23-14-6-9(5-12(18)15(14)24-2)8-19-20-16(22)11-7-10(17)3-4-13(11)21/h3-8,21H,1-2H3,(H,20,22). The maximum atomic E-state index is 12.0. The maximum Gasteiger partial charge on any atom is 0.275 e. The van der Waals surface area contributed by atoms with E-state index in [4.69, 9.17) is 9.47 Å². The number of hydrogen-bond donors (Lipinski definition) is 2. The van der Waals surface area contributed by atoms with Crippen molar-refractivity contribution in [3.05, 3.63) is 50.4 Å². The minimum absolute atomic E-state index is 0.120. The molecular weight excluding hydrogens is 444 g/mol. The van der Waals surface area contributed by atoms with E-state index < -0.39 is 5.91 Å². The molecule has 1 amide bonds. The highest BCUT2D eigenvalue weighted by atomic mass is 79.9. The molecule has 2 rings (SSSR count). The van der Waals surface area contributed by atoms with Crippen LogP contribution in [0.3, 0.4) is 0 Å². The van der Waals surface area contributed by atoms with Gasteiger partial charge in [0.05, 0.1) is 30.5 Å². The minimum atomic E-state index is -0.524. The fraction of sp³-hybridized carbons (Fsp3) is 0.125. The van der Waals surface area contributed by atoms with Crippen LogP contribution in [-0.4, -0.2) is 31.4 Å². The molecule has 2 aromatic carbocycles. The fourth-order valence-corrected chi connectivity index (χ4v) is 2.91. The Morgan fingerprint density at radius 3 is 2.62 bits per heavy atom. The Hall–Kier alpha value is -2.06. The van der Waals surface area contributed by atoms with Crippen LogP contribution in [0.15, 0.2) is 44.4 Å². The number of ether oxygens (including phenoxy) is 2. The van der Waals surface area contributed by atoms with E-state index in [1.807, 2.05) is 0 Å². The molecule has 24 heavy (non-hydrogen) atoms. The van der Waals surface area contributed by atoms with E-state index in [-0.39, 0.29) is 11.3 Å². The van der Waals surface area contributed by atoms with Crippen molar-refractivity contribution in [2.75, 3.05) is 14.2 Å². The van der Waals surface area contributed by atoms with Gasteiger partial charge >= 0.3 is 0 Å². The lowest BCUT2D eigenvalue weighted by atomic mass is 10.2. The molecule has 0 atom stereocenters. The number of hydrazone groups is 1. The SMILES string of the molecule is COc1cc(C=NNC(=O)c2cc(Br)ccc2O)cc(Br)c1OC. The molecule has 6 nitrogen and oxygen atoms in total. The summed E-state index contributed by atoms with van der Waals surface area (Å²) in [7, 11) is 3.07. The van der Waals surface area contributed by atoms with Gasteiger partial charge in [-0.25, -0.2) is 5.43 Å². The van der Waals surface area contributed by atoms with Crippen LogP contribution < -0.4 is 14.9 Å². The Balaban J connectivity index is 2.15. The molecule has 0 aliphatic heterocycles. The van der Waals surface area contributed by atoms with Crippen molar-refractivity contribution in [2.24, 2.45) is 5.10 Å². The lowest BCUT2D eigenvalue weighted by molar-refractivity contribution is 0.0952. The first-order valence-corrected chi connectivity index (χ1v) is 8.28. The van der Waals surface area contributed by atoms with Crippen LogP contribution in [-0.2, 0) is 0 Å². The number of nitrogens with zero attached hydrogens (tertiary/aromatic N) is 1. The summed E-state index contributed by atoms with van der Waals surface area (Å²) in [6.45, 7) is 0. The van der Waals surface area contributed by atoms with E-state index in [2.05, 4.69) is 42.4 Å². The van der Waals surface area contributed by atoms with Crippen molar-refractivity contribution in [2.45, 2.75) is 0 Å². The second kappa shape index (κ2) is 8.16. The number of benzene rings is 2. The third-order valence-corrected chi connectivity index (χ3v) is 4.12. The molecule has 0 aliphatic carbocycles. The maximum absolute atomic E-state index is 12.0. The van der Waals surface area contributed by atoms with Crippen LogP contribution in [0, 0.1) is 0 Å². The monoisotopic (exact) mass is 456 g/mol. The molecule has 0 heterocycles. The molecule has 0 saturated carbocycles. The zero-order valence-electron chi connectivity index (χ0n) is 12.8. The summed E-state index contributed by atoms with van der Waals surface area (Å²) in [5, 5.41) is 13.6. The topological polar surface area (TPSA) is 80.2 Å². The molecule has 2 N–H and O–H groups in total. The third kappa shape index (κ3) is 4.27. The van der Waals surface area contributed by atoms with Gasteiger partial charge in [0, 0.05) is 4.47 Å². The van der Waals surface area contributed by atoms with Gasteiger partial charge in [0.1, 0.15) is 5.75 Å². The summed E-state index contributed by atoms with van der Waals surface area (Å²) in [5.74, 6) is 0.450. The van der Waals surface area contributed by atoms with Gasteiger partial charge in [0.25, 0.3) is 5.91 Å². The molecular formula is C16H14Br2N2O4. The number of aromatic hydroxyl groups is 1. The van der Waals surface area contributed by atoms with Gasteiger partial charge in [-0.2, -0.15) is 5.10 Å². The van der Waals surface area contributed by atoms with Gasteiger partial charge in [0.2, 0.25) is 0 Å². The Morgan fingerprint density at radius 2 is 1.96 bits per heavy atom. The van der Waals surface area contributed by atoms with Crippen molar-refractivity contribution in [3.63, 3.8) is 0 Å². The first-order chi connectivity index (χ1) is 11.5. The second-order valence-electron chi connectivity index (χ2n) is 4.60. The number of halogens is 2. The Bertz CT molecular complexity index is 794. The van der Waals surface area contributed by atoms with Crippen molar-refractivity contribution in [1.29, 1.82) is 0 Å². The zero-order valence-corrected chi connectivity index (χ0v) is 16.0. The lowest BCUT2D eigenvalue weighted by Gasteiger charge is -2.10. The van der Waals surface area contributed by atoms with Gasteiger partial charge in [-0.05, 0) is 51.8 Å². The van der Waals surface area contributed by atoms with E-state index in [1.54, 1.807) is 25.3 Å². The van der Waals surface area contributed by atoms with Gasteiger partial charge in [-0.1, -0.05) is 15.9 Å². The summed E-state index contributed by atoms with van der Waals surface area (Å²) < 4.78 is 11.8. The number of carbonyl (C=O) groups is 1. The number of rotatable bonds is 5. The van der Waals surface area contributed by atoms with E-state index in [0.29, 0.717) is 26.0 Å². The van der Waals surface area contributed by atoms with Gasteiger partial charge in [-0.3, -0.25) is 4.79 Å². The minimum Gasteiger partial charge on any atom is -0.507 e. The molecule has 0 bridgehead atoms. The van der Waals surface area contributed by atoms with Crippen molar-refractivity contribution < 1.29 is 19.4 Å². The number of phenolic OH excluding ortho intramolecular Hbond substituents is 1. The molecule has 0 radical (unpaired) electrons. The fourth-order valence-electron chi connectivity index (χ4n) is 1.93. The highest BCUT2D eigenvalue weighted by molar-refractivity contribution is 9.10. The number of amides is 1. The van der Waals surface area contributed by atoms with Crippen LogP contribution in [0.25, 0.3) is 0 Å². The number of phenols is 1. The van der Waals surface area contributed by atoms with Crippen molar-refractivity contribution >= 4 is 44.0 Å². The second-order valence-corrected chi connectivity index (χ2v) is 6.37. The molecule has 0 aliphatic rings. The number of hydrogen-bond acceptors (Lipinski definition) is 5. The van der Waals surface area contributed by atoms with Crippen molar-refractivity contribution in [1.82, 2.24) is 5.43 Å². The molecule has 0 saturated heterocycles. The smallest absolute Gasteiger partial charge is 0.275 e. The van der Waals surface area contributed by atoms with Gasteiger partial charge < -0.3 is 14.6 Å². The quantitative estimate of drug-likeness (QED) is 0.530. The molecule has 0 aromatic heterocycles. The molecule has 126 valence electrons. The number of carbonyl (C=O) groups excluding carboxylic acids is 1. The predicted octanol–water partition coefficient (Wildman–Crippen LogP) is 3.70. The van der Waals surface area contributed by atoms with E-state index in [9.17, 15) is 9.90 Å². The Labute approximate surface area is 155 Å². The largest absolute Gasteiger partial charge is 0.507 e. The van der Waals surface area contributed by atoms with Crippen LogP contribution in [0.2, 0.25) is 0 Å². The molecule has 0 fully saturated rings. The molecule has 8 heteroatoms. The lowest BCUT2D eigenvalue weighted by Crippen LogP contribution is -2.17. The third-order valence-electron chi connectivity index (χ3n) is 3.04. The zero-order chi connectivity index (χ0) is 17.7. The molecule has 0 spiro atoms. The summed E-state index contributed by atoms with van der Waals surface area (Å²) in [4.78, 5) is 12.0. The average Bonchev–Trinajstić information content (AvgIpc) is 2.56. The van der Waals surface area contributed by atoms with Crippen LogP contribution in [0.5, 0.6) is 17.2 Å². The van der Waals surface area contributed by atoms with E-state index in [1.165, 1.54) is 25.5 Å². The number of nitrogens with one attached hydrogen (secondary N) is 1.